The number of sulfonamides is 1. The molecule has 0 atom stereocenters. The highest BCUT2D eigenvalue weighted by Gasteiger charge is 2.33. The van der Waals surface area contributed by atoms with E-state index in [1.54, 1.807) is 0 Å². The van der Waals surface area contributed by atoms with Crippen molar-refractivity contribution in [3.8, 4) is 0 Å². The lowest BCUT2D eigenvalue weighted by Gasteiger charge is -2.26. The van der Waals surface area contributed by atoms with Crippen LogP contribution in [0.5, 0.6) is 0 Å². The second-order valence-electron chi connectivity index (χ2n) is 4.94. The average molecular weight is 283 g/mol. The van der Waals surface area contributed by atoms with Crippen LogP contribution in [0.15, 0.2) is 18.2 Å². The molecule has 0 radical (unpaired) electrons. The standard InChI is InChI=1S/C13H21N3O2S/c1-4-16(12-6-10(2)5-11(3)7-12)19(17,18)13-8-14-15-9-13/h5-7,13-15H,4,8-9H2,1-3H3. The molecule has 1 aliphatic heterocycles. The Balaban J connectivity index is 2.38. The molecule has 5 nitrogen and oxygen atoms in total. The van der Waals surface area contributed by atoms with Crippen LogP contribution < -0.4 is 15.2 Å². The summed E-state index contributed by atoms with van der Waals surface area (Å²) >= 11 is 0. The van der Waals surface area contributed by atoms with Gasteiger partial charge in [-0.25, -0.2) is 8.42 Å². The molecule has 0 aromatic heterocycles. The second-order valence-corrected chi connectivity index (χ2v) is 7.08. The molecule has 0 unspecified atom stereocenters. The molecule has 1 aromatic carbocycles. The van der Waals surface area contributed by atoms with E-state index in [9.17, 15) is 8.42 Å². The molecule has 6 heteroatoms. The summed E-state index contributed by atoms with van der Waals surface area (Å²) in [7, 11) is -3.33. The molecule has 1 fully saturated rings. The Morgan fingerprint density at radius 3 is 2.16 bits per heavy atom. The van der Waals surface area contributed by atoms with Crippen molar-refractivity contribution in [3.63, 3.8) is 0 Å². The molecular weight excluding hydrogens is 262 g/mol. The number of rotatable bonds is 4. The van der Waals surface area contributed by atoms with Crippen molar-refractivity contribution in [1.82, 2.24) is 10.9 Å². The number of benzene rings is 1. The highest BCUT2D eigenvalue weighted by Crippen LogP contribution is 2.23. The zero-order valence-electron chi connectivity index (χ0n) is 11.6. The number of aryl methyl sites for hydroxylation is 2. The third-order valence-corrected chi connectivity index (χ3v) is 5.55. The minimum absolute atomic E-state index is 0.409. The summed E-state index contributed by atoms with van der Waals surface area (Å²) < 4.78 is 26.8. The van der Waals surface area contributed by atoms with Crippen molar-refractivity contribution in [2.45, 2.75) is 26.0 Å². The maximum atomic E-state index is 12.6. The van der Waals surface area contributed by atoms with Gasteiger partial charge in [0.2, 0.25) is 10.0 Å². The number of nitrogens with one attached hydrogen (secondary N) is 2. The first kappa shape index (κ1) is 14.3. The van der Waals surface area contributed by atoms with Gasteiger partial charge in [0.25, 0.3) is 0 Å². The maximum Gasteiger partial charge on any atom is 0.240 e. The Labute approximate surface area is 115 Å². The van der Waals surface area contributed by atoms with Crippen LogP contribution in [0.3, 0.4) is 0 Å². The van der Waals surface area contributed by atoms with Crippen molar-refractivity contribution in [1.29, 1.82) is 0 Å². The minimum atomic E-state index is -3.33. The first-order valence-electron chi connectivity index (χ1n) is 6.50. The normalized spacial score (nSPS) is 16.8. The Morgan fingerprint density at radius 2 is 1.68 bits per heavy atom. The molecule has 2 rings (SSSR count). The third-order valence-electron chi connectivity index (χ3n) is 3.29. The maximum absolute atomic E-state index is 12.6. The monoisotopic (exact) mass is 283 g/mol. The molecule has 0 saturated carbocycles. The molecule has 1 aliphatic rings. The lowest BCUT2D eigenvalue weighted by atomic mass is 10.1. The molecule has 0 bridgehead atoms. The quantitative estimate of drug-likeness (QED) is 0.863. The van der Waals surface area contributed by atoms with E-state index in [1.165, 1.54) is 4.31 Å². The van der Waals surface area contributed by atoms with Crippen LogP contribution in [0.4, 0.5) is 5.69 Å². The van der Waals surface area contributed by atoms with Crippen LogP contribution in [0.25, 0.3) is 0 Å². The summed E-state index contributed by atoms with van der Waals surface area (Å²) in [5, 5.41) is -0.409. The highest BCUT2D eigenvalue weighted by atomic mass is 32.2. The molecule has 0 spiro atoms. The van der Waals surface area contributed by atoms with E-state index < -0.39 is 15.3 Å². The van der Waals surface area contributed by atoms with E-state index in [0.29, 0.717) is 19.6 Å². The van der Waals surface area contributed by atoms with Gasteiger partial charge in [-0.3, -0.25) is 15.2 Å². The van der Waals surface area contributed by atoms with Crippen molar-refractivity contribution in [2.24, 2.45) is 0 Å². The molecular formula is C13H21N3O2S. The fourth-order valence-corrected chi connectivity index (χ4v) is 4.15. The van der Waals surface area contributed by atoms with Crippen LogP contribution in [-0.2, 0) is 10.0 Å². The Kier molecular flexibility index (Phi) is 4.13. The van der Waals surface area contributed by atoms with E-state index >= 15 is 0 Å². The van der Waals surface area contributed by atoms with E-state index in [0.717, 1.165) is 16.8 Å². The minimum Gasteiger partial charge on any atom is -0.270 e. The highest BCUT2D eigenvalue weighted by molar-refractivity contribution is 7.93. The van der Waals surface area contributed by atoms with E-state index in [1.807, 2.05) is 39.0 Å². The number of anilines is 1. The topological polar surface area (TPSA) is 61.4 Å². The van der Waals surface area contributed by atoms with Crippen molar-refractivity contribution >= 4 is 15.7 Å². The number of hydrazine groups is 1. The molecule has 2 N–H and O–H groups in total. The molecule has 106 valence electrons. The van der Waals surface area contributed by atoms with Gasteiger partial charge in [0.15, 0.2) is 0 Å². The zero-order chi connectivity index (χ0) is 14.0. The van der Waals surface area contributed by atoms with Gasteiger partial charge in [0.05, 0.1) is 5.69 Å². The molecule has 1 aromatic rings. The summed E-state index contributed by atoms with van der Waals surface area (Å²) in [6.07, 6.45) is 0. The molecule has 19 heavy (non-hydrogen) atoms. The second kappa shape index (κ2) is 5.48. The summed E-state index contributed by atoms with van der Waals surface area (Å²) in [5.74, 6) is 0. The van der Waals surface area contributed by atoms with Gasteiger partial charge in [-0.2, -0.15) is 0 Å². The largest absolute Gasteiger partial charge is 0.270 e. The number of hydrogen-bond acceptors (Lipinski definition) is 4. The van der Waals surface area contributed by atoms with Gasteiger partial charge >= 0.3 is 0 Å². The van der Waals surface area contributed by atoms with Crippen molar-refractivity contribution in [3.05, 3.63) is 29.3 Å². The fourth-order valence-electron chi connectivity index (χ4n) is 2.44. The molecule has 0 amide bonds. The van der Waals surface area contributed by atoms with Crippen LogP contribution in [0.1, 0.15) is 18.1 Å². The van der Waals surface area contributed by atoms with Crippen LogP contribution in [-0.4, -0.2) is 33.3 Å². The SMILES string of the molecule is CCN(c1cc(C)cc(C)c1)S(=O)(=O)C1CNNC1. The van der Waals surface area contributed by atoms with E-state index in [4.69, 9.17) is 0 Å². The number of hydrogen-bond donors (Lipinski definition) is 2. The smallest absolute Gasteiger partial charge is 0.240 e. The van der Waals surface area contributed by atoms with Crippen LogP contribution in [0, 0.1) is 13.8 Å². The first-order chi connectivity index (χ1) is 8.95. The zero-order valence-corrected chi connectivity index (χ0v) is 12.4. The van der Waals surface area contributed by atoms with E-state index in [-0.39, 0.29) is 0 Å². The first-order valence-corrected chi connectivity index (χ1v) is 8.01. The Bertz CT molecular complexity index is 531. The van der Waals surface area contributed by atoms with Gasteiger partial charge in [-0.15, -0.1) is 0 Å². The third kappa shape index (κ3) is 2.91. The lowest BCUT2D eigenvalue weighted by molar-refractivity contribution is 0.581. The predicted octanol–water partition coefficient (Wildman–Crippen LogP) is 0.936. The summed E-state index contributed by atoms with van der Waals surface area (Å²) in [6.45, 7) is 7.17. The van der Waals surface area contributed by atoms with Crippen LogP contribution in [0.2, 0.25) is 0 Å². The van der Waals surface area contributed by atoms with E-state index in [2.05, 4.69) is 10.9 Å². The fraction of sp³-hybridized carbons (Fsp3) is 0.538. The van der Waals surface area contributed by atoms with Crippen LogP contribution >= 0.6 is 0 Å². The van der Waals surface area contributed by atoms with Gasteiger partial charge in [-0.05, 0) is 44.0 Å². The molecule has 0 aliphatic carbocycles. The van der Waals surface area contributed by atoms with Gasteiger partial charge in [0.1, 0.15) is 5.25 Å². The number of nitrogens with zero attached hydrogens (tertiary/aromatic N) is 1. The lowest BCUT2D eigenvalue weighted by Crippen LogP contribution is -2.41. The summed E-state index contributed by atoms with van der Waals surface area (Å²) in [6, 6.07) is 5.89. The summed E-state index contributed by atoms with van der Waals surface area (Å²) in [4.78, 5) is 0. The van der Waals surface area contributed by atoms with Gasteiger partial charge in [-0.1, -0.05) is 6.07 Å². The molecule has 1 saturated heterocycles. The summed E-state index contributed by atoms with van der Waals surface area (Å²) in [5.41, 5.74) is 8.66. The van der Waals surface area contributed by atoms with Crippen molar-refractivity contribution < 1.29 is 8.42 Å². The Morgan fingerprint density at radius 1 is 1.16 bits per heavy atom. The van der Waals surface area contributed by atoms with Gasteiger partial charge in [0, 0.05) is 19.6 Å². The van der Waals surface area contributed by atoms with Crippen molar-refractivity contribution in [2.75, 3.05) is 23.9 Å². The average Bonchev–Trinajstić information content (AvgIpc) is 2.81. The molecule has 1 heterocycles. The van der Waals surface area contributed by atoms with Gasteiger partial charge < -0.3 is 0 Å². The Hall–Kier alpha value is -1.11. The predicted molar refractivity (Wildman–Crippen MR) is 77.6 cm³/mol.